The fraction of sp³-hybridized carbons (Fsp3) is 0.450. The molecule has 0 bridgehead atoms. The molecule has 138 valence electrons. The van der Waals surface area contributed by atoms with Gasteiger partial charge in [-0.15, -0.1) is 11.3 Å². The van der Waals surface area contributed by atoms with Crippen molar-refractivity contribution >= 4 is 17.2 Å². The van der Waals surface area contributed by atoms with E-state index in [2.05, 4.69) is 25.2 Å². The Labute approximate surface area is 157 Å². The molecule has 0 radical (unpaired) electrons. The van der Waals surface area contributed by atoms with E-state index in [0.29, 0.717) is 37.0 Å². The second kappa shape index (κ2) is 6.20. The molecule has 0 unspecified atom stereocenters. The van der Waals surface area contributed by atoms with Gasteiger partial charge in [-0.05, 0) is 29.3 Å². The average molecular weight is 373 g/mol. The first kappa shape index (κ1) is 17.2. The summed E-state index contributed by atoms with van der Waals surface area (Å²) in [4.78, 5) is 14.2. The maximum atomic E-state index is 13.1. The summed E-state index contributed by atoms with van der Waals surface area (Å²) in [6.07, 6.45) is 0.866. The predicted octanol–water partition coefficient (Wildman–Crippen LogP) is 3.51. The van der Waals surface area contributed by atoms with Crippen molar-refractivity contribution in [3.05, 3.63) is 40.1 Å². The third-order valence-electron chi connectivity index (χ3n) is 5.45. The predicted molar refractivity (Wildman–Crippen MR) is 100 cm³/mol. The molecule has 1 amide bonds. The Morgan fingerprint density at radius 2 is 1.96 bits per heavy atom. The normalized spacial score (nSPS) is 22.6. The number of methoxy groups -OCH3 is 1. The first-order valence-electron chi connectivity index (χ1n) is 8.77. The maximum absolute atomic E-state index is 13.1. The number of hydrogen-bond donors (Lipinski definition) is 1. The summed E-state index contributed by atoms with van der Waals surface area (Å²) in [7, 11) is 1.62. The molecule has 1 aromatic heterocycles. The molecule has 5 nitrogen and oxygen atoms in total. The van der Waals surface area contributed by atoms with Crippen molar-refractivity contribution in [3.63, 3.8) is 0 Å². The Morgan fingerprint density at radius 1 is 1.27 bits per heavy atom. The highest BCUT2D eigenvalue weighted by Crippen LogP contribution is 2.65. The number of benzene rings is 1. The standard InChI is InChI=1S/C20H23NO4S/c1-19(2)12-20(19,17-5-4-8-26-17)18(22)21-11-13-9-15-16(10-14(13)23-3)25-7-6-24-15/h4-5,8-10H,6-7,11-12H2,1-3H3,(H,21,22)/t20-/m1/s1. The number of rotatable bonds is 5. The highest BCUT2D eigenvalue weighted by Gasteiger charge is 2.67. The molecule has 4 rings (SSSR count). The third kappa shape index (κ3) is 2.63. The SMILES string of the molecule is COc1cc2c(cc1CNC(=O)[C@]1(c3cccs3)CC1(C)C)OCCO2. The van der Waals surface area contributed by atoms with E-state index in [1.165, 1.54) is 0 Å². The molecular formula is C20H23NO4S. The van der Waals surface area contributed by atoms with E-state index in [-0.39, 0.29) is 11.3 Å². The van der Waals surface area contributed by atoms with Crippen LogP contribution in [0.15, 0.2) is 29.6 Å². The molecular weight excluding hydrogens is 350 g/mol. The van der Waals surface area contributed by atoms with Gasteiger partial charge in [-0.2, -0.15) is 0 Å². The third-order valence-corrected chi connectivity index (χ3v) is 6.48. The lowest BCUT2D eigenvalue weighted by atomic mass is 9.93. The molecule has 1 atom stereocenters. The summed E-state index contributed by atoms with van der Waals surface area (Å²) in [6.45, 7) is 5.75. The van der Waals surface area contributed by atoms with E-state index < -0.39 is 5.41 Å². The van der Waals surface area contributed by atoms with Gasteiger partial charge in [-0.25, -0.2) is 0 Å². The maximum Gasteiger partial charge on any atom is 0.232 e. The first-order chi connectivity index (χ1) is 12.5. The summed E-state index contributed by atoms with van der Waals surface area (Å²) in [5, 5.41) is 5.15. The van der Waals surface area contributed by atoms with E-state index >= 15 is 0 Å². The summed E-state index contributed by atoms with van der Waals surface area (Å²) >= 11 is 1.65. The minimum Gasteiger partial charge on any atom is -0.496 e. The van der Waals surface area contributed by atoms with Gasteiger partial charge in [0.15, 0.2) is 11.5 Å². The van der Waals surface area contributed by atoms with Gasteiger partial charge in [0.25, 0.3) is 0 Å². The van der Waals surface area contributed by atoms with Crippen molar-refractivity contribution in [1.82, 2.24) is 5.32 Å². The fourth-order valence-electron chi connectivity index (χ4n) is 3.83. The van der Waals surface area contributed by atoms with Crippen LogP contribution in [0.2, 0.25) is 0 Å². The lowest BCUT2D eigenvalue weighted by Crippen LogP contribution is -2.37. The number of carbonyl (C=O) groups is 1. The van der Waals surface area contributed by atoms with E-state index in [1.54, 1.807) is 18.4 Å². The molecule has 0 spiro atoms. The lowest BCUT2D eigenvalue weighted by molar-refractivity contribution is -0.124. The lowest BCUT2D eigenvalue weighted by Gasteiger charge is -2.22. The number of carbonyl (C=O) groups excluding carboxylic acids is 1. The van der Waals surface area contributed by atoms with Gasteiger partial charge in [0, 0.05) is 23.1 Å². The molecule has 1 aliphatic carbocycles. The van der Waals surface area contributed by atoms with Crippen LogP contribution in [-0.2, 0) is 16.8 Å². The van der Waals surface area contributed by atoms with Crippen molar-refractivity contribution in [2.24, 2.45) is 5.41 Å². The molecule has 1 N–H and O–H groups in total. The van der Waals surface area contributed by atoms with Crippen molar-refractivity contribution in [1.29, 1.82) is 0 Å². The Kier molecular flexibility index (Phi) is 4.10. The molecule has 26 heavy (non-hydrogen) atoms. The number of thiophene rings is 1. The van der Waals surface area contributed by atoms with Crippen LogP contribution in [-0.4, -0.2) is 26.2 Å². The largest absolute Gasteiger partial charge is 0.496 e. The summed E-state index contributed by atoms with van der Waals surface area (Å²) < 4.78 is 16.7. The minimum atomic E-state index is -0.428. The van der Waals surface area contributed by atoms with Gasteiger partial charge in [0.1, 0.15) is 19.0 Å². The fourth-order valence-corrected chi connectivity index (χ4v) is 4.93. The average Bonchev–Trinajstić information content (AvgIpc) is 3.01. The van der Waals surface area contributed by atoms with Crippen LogP contribution in [0.3, 0.4) is 0 Å². The monoisotopic (exact) mass is 373 g/mol. The molecule has 2 heterocycles. The van der Waals surface area contributed by atoms with E-state index in [9.17, 15) is 4.79 Å². The van der Waals surface area contributed by atoms with Crippen molar-refractivity contribution in [2.45, 2.75) is 32.2 Å². The van der Waals surface area contributed by atoms with Crippen LogP contribution in [0, 0.1) is 5.41 Å². The number of fused-ring (bicyclic) bond motifs is 1. The zero-order valence-corrected chi connectivity index (χ0v) is 16.1. The van der Waals surface area contributed by atoms with Gasteiger partial charge >= 0.3 is 0 Å². The molecule has 1 fully saturated rings. The smallest absolute Gasteiger partial charge is 0.232 e. The Balaban J connectivity index is 1.55. The number of hydrogen-bond acceptors (Lipinski definition) is 5. The van der Waals surface area contributed by atoms with Crippen LogP contribution < -0.4 is 19.5 Å². The van der Waals surface area contributed by atoms with Crippen LogP contribution in [0.5, 0.6) is 17.2 Å². The van der Waals surface area contributed by atoms with Crippen LogP contribution in [0.25, 0.3) is 0 Å². The highest BCUT2D eigenvalue weighted by molar-refractivity contribution is 7.10. The quantitative estimate of drug-likeness (QED) is 0.871. The summed E-state index contributed by atoms with van der Waals surface area (Å²) in [5.74, 6) is 2.14. The molecule has 1 aromatic carbocycles. The van der Waals surface area contributed by atoms with Crippen molar-refractivity contribution in [2.75, 3.05) is 20.3 Å². The van der Waals surface area contributed by atoms with Gasteiger partial charge in [0.05, 0.1) is 12.5 Å². The Morgan fingerprint density at radius 3 is 2.54 bits per heavy atom. The molecule has 1 saturated carbocycles. The molecule has 1 aliphatic heterocycles. The zero-order valence-electron chi connectivity index (χ0n) is 15.3. The molecule has 0 saturated heterocycles. The topological polar surface area (TPSA) is 56.8 Å². The molecule has 2 aliphatic rings. The number of amides is 1. The Bertz CT molecular complexity index is 831. The molecule has 2 aromatic rings. The second-order valence-corrected chi connectivity index (χ2v) is 8.38. The van der Waals surface area contributed by atoms with Gasteiger partial charge < -0.3 is 19.5 Å². The van der Waals surface area contributed by atoms with Gasteiger partial charge in [0.2, 0.25) is 5.91 Å². The molecule has 6 heteroatoms. The van der Waals surface area contributed by atoms with Crippen molar-refractivity contribution < 1.29 is 19.0 Å². The van der Waals surface area contributed by atoms with E-state index in [4.69, 9.17) is 14.2 Å². The first-order valence-corrected chi connectivity index (χ1v) is 9.65. The summed E-state index contributed by atoms with van der Waals surface area (Å²) in [5.41, 5.74) is 0.422. The van der Waals surface area contributed by atoms with E-state index in [1.807, 2.05) is 23.6 Å². The summed E-state index contributed by atoms with van der Waals surface area (Å²) in [6, 6.07) is 7.78. The van der Waals surface area contributed by atoms with Gasteiger partial charge in [-0.1, -0.05) is 19.9 Å². The zero-order chi connectivity index (χ0) is 18.4. The van der Waals surface area contributed by atoms with Crippen molar-refractivity contribution in [3.8, 4) is 17.2 Å². The van der Waals surface area contributed by atoms with Crippen LogP contribution in [0.4, 0.5) is 0 Å². The highest BCUT2D eigenvalue weighted by atomic mass is 32.1. The Hall–Kier alpha value is -2.21. The second-order valence-electron chi connectivity index (χ2n) is 7.43. The van der Waals surface area contributed by atoms with Crippen LogP contribution >= 0.6 is 11.3 Å². The van der Waals surface area contributed by atoms with E-state index in [0.717, 1.165) is 16.9 Å². The number of nitrogens with one attached hydrogen (secondary N) is 1. The van der Waals surface area contributed by atoms with Crippen LogP contribution in [0.1, 0.15) is 30.7 Å². The van der Waals surface area contributed by atoms with Gasteiger partial charge in [-0.3, -0.25) is 4.79 Å². The minimum absolute atomic E-state index is 0.0289. The number of ether oxygens (including phenoxy) is 3.